The summed E-state index contributed by atoms with van der Waals surface area (Å²) in [5, 5.41) is 0. The van der Waals surface area contributed by atoms with Gasteiger partial charge in [-0.05, 0) is 36.0 Å². The number of benzene rings is 1. The minimum atomic E-state index is 1.08. The Morgan fingerprint density at radius 3 is 3.00 bits per heavy atom. The number of rotatable bonds is 3. The van der Waals surface area contributed by atoms with Crippen molar-refractivity contribution in [2.24, 2.45) is 0 Å². The topological polar surface area (TPSA) is 0 Å². The predicted octanol–water partition coefficient (Wildman–Crippen LogP) is 3.59. The molecule has 1 aromatic rings. The minimum Gasteiger partial charge on any atom is -0.103 e. The van der Waals surface area contributed by atoms with Crippen molar-refractivity contribution < 1.29 is 0 Å². The van der Waals surface area contributed by atoms with Crippen molar-refractivity contribution in [3.05, 3.63) is 54.1 Å². The van der Waals surface area contributed by atoms with E-state index in [9.17, 15) is 0 Å². The molecule has 1 aliphatic carbocycles. The van der Waals surface area contributed by atoms with Gasteiger partial charge in [-0.3, -0.25) is 0 Å². The highest BCUT2D eigenvalue weighted by Crippen LogP contribution is 2.30. The van der Waals surface area contributed by atoms with Crippen LogP contribution in [0.2, 0.25) is 0 Å². The molecule has 0 fully saturated rings. The first-order valence-electron chi connectivity index (χ1n) is 4.80. The zero-order chi connectivity index (χ0) is 9.10. The van der Waals surface area contributed by atoms with E-state index in [1.165, 1.54) is 16.7 Å². The van der Waals surface area contributed by atoms with Crippen LogP contribution in [0.4, 0.5) is 0 Å². The summed E-state index contributed by atoms with van der Waals surface area (Å²) in [6.45, 7) is 3.75. The molecule has 0 amide bonds. The minimum absolute atomic E-state index is 1.08. The molecule has 1 aliphatic rings. The van der Waals surface area contributed by atoms with Gasteiger partial charge in [0.15, 0.2) is 0 Å². The van der Waals surface area contributed by atoms with E-state index in [1.54, 1.807) is 0 Å². The molecule has 0 saturated heterocycles. The second-order valence-corrected chi connectivity index (χ2v) is 3.42. The monoisotopic (exact) mass is 170 g/mol. The summed E-state index contributed by atoms with van der Waals surface area (Å²) >= 11 is 0. The van der Waals surface area contributed by atoms with Crippen molar-refractivity contribution >= 4 is 5.57 Å². The molecule has 2 rings (SSSR count). The van der Waals surface area contributed by atoms with E-state index in [4.69, 9.17) is 0 Å². The molecule has 0 spiro atoms. The zero-order valence-corrected chi connectivity index (χ0v) is 7.79. The Kier molecular flexibility index (Phi) is 2.31. The van der Waals surface area contributed by atoms with Crippen LogP contribution in [0.25, 0.3) is 5.57 Å². The summed E-state index contributed by atoms with van der Waals surface area (Å²) in [5.41, 5.74) is 4.42. The van der Waals surface area contributed by atoms with Crippen LogP contribution < -0.4 is 0 Å². The molecule has 0 unspecified atom stereocenters. The lowest BCUT2D eigenvalue weighted by atomic mass is 10.0. The van der Waals surface area contributed by atoms with Gasteiger partial charge in [0.2, 0.25) is 0 Å². The molecule has 0 nitrogen and oxygen atoms in total. The van der Waals surface area contributed by atoms with Gasteiger partial charge in [0.05, 0.1) is 0 Å². The van der Waals surface area contributed by atoms with E-state index in [1.807, 2.05) is 6.08 Å². The van der Waals surface area contributed by atoms with Crippen LogP contribution >= 0.6 is 0 Å². The van der Waals surface area contributed by atoms with Crippen molar-refractivity contribution in [3.8, 4) is 0 Å². The van der Waals surface area contributed by atoms with Gasteiger partial charge in [0.25, 0.3) is 0 Å². The van der Waals surface area contributed by atoms with Gasteiger partial charge in [-0.15, -0.1) is 6.58 Å². The highest BCUT2D eigenvalue weighted by atomic mass is 14.2. The highest BCUT2D eigenvalue weighted by Gasteiger charge is 2.11. The fourth-order valence-electron chi connectivity index (χ4n) is 1.85. The van der Waals surface area contributed by atoms with Crippen molar-refractivity contribution in [3.63, 3.8) is 0 Å². The lowest BCUT2D eigenvalue weighted by molar-refractivity contribution is 1.08. The molecule has 0 bridgehead atoms. The number of fused-ring (bicyclic) bond motifs is 1. The second kappa shape index (κ2) is 3.61. The molecule has 1 aromatic carbocycles. The van der Waals surface area contributed by atoms with Crippen molar-refractivity contribution in [2.75, 3.05) is 0 Å². The molecule has 0 saturated carbocycles. The van der Waals surface area contributed by atoms with Gasteiger partial charge in [-0.25, -0.2) is 0 Å². The Balaban J connectivity index is 2.20. The van der Waals surface area contributed by atoms with Gasteiger partial charge in [-0.2, -0.15) is 0 Å². The maximum absolute atomic E-state index is 3.75. The summed E-state index contributed by atoms with van der Waals surface area (Å²) in [6, 6.07) is 8.67. The first-order chi connectivity index (χ1) is 6.42. The van der Waals surface area contributed by atoms with Crippen LogP contribution in [0.3, 0.4) is 0 Å². The van der Waals surface area contributed by atoms with Gasteiger partial charge in [-0.1, -0.05) is 36.4 Å². The van der Waals surface area contributed by atoms with E-state index in [-0.39, 0.29) is 0 Å². The lowest BCUT2D eigenvalue weighted by Crippen LogP contribution is -1.83. The van der Waals surface area contributed by atoms with Crippen LogP contribution in [0.15, 0.2) is 43.0 Å². The van der Waals surface area contributed by atoms with E-state index in [0.29, 0.717) is 0 Å². The van der Waals surface area contributed by atoms with Gasteiger partial charge in [0, 0.05) is 0 Å². The fraction of sp³-hybridized carbons (Fsp3) is 0.231. The van der Waals surface area contributed by atoms with E-state index >= 15 is 0 Å². The van der Waals surface area contributed by atoms with Crippen LogP contribution in [0.5, 0.6) is 0 Å². The molecule has 0 atom stereocenters. The smallest absolute Gasteiger partial charge is 0.00854 e. The number of hydrogen-bond acceptors (Lipinski definition) is 0. The fourth-order valence-corrected chi connectivity index (χ4v) is 1.85. The highest BCUT2D eigenvalue weighted by molar-refractivity contribution is 5.72. The van der Waals surface area contributed by atoms with Crippen molar-refractivity contribution in [2.45, 2.75) is 19.3 Å². The summed E-state index contributed by atoms with van der Waals surface area (Å²) in [6.07, 6.45) is 7.67. The predicted molar refractivity (Wildman–Crippen MR) is 57.6 cm³/mol. The SMILES string of the molecule is C=CCCC1=CCc2ccccc21. The Morgan fingerprint density at radius 2 is 2.15 bits per heavy atom. The lowest BCUT2D eigenvalue weighted by Gasteiger charge is -2.02. The van der Waals surface area contributed by atoms with Crippen LogP contribution in [0.1, 0.15) is 24.0 Å². The zero-order valence-electron chi connectivity index (χ0n) is 7.79. The molecule has 0 N–H and O–H groups in total. The van der Waals surface area contributed by atoms with Gasteiger partial charge >= 0.3 is 0 Å². The Hall–Kier alpha value is -1.30. The Labute approximate surface area is 79.6 Å². The van der Waals surface area contributed by atoms with E-state index in [2.05, 4.69) is 36.9 Å². The molecule has 0 aromatic heterocycles. The largest absolute Gasteiger partial charge is 0.103 e. The van der Waals surface area contributed by atoms with Crippen molar-refractivity contribution in [1.82, 2.24) is 0 Å². The van der Waals surface area contributed by atoms with Gasteiger partial charge < -0.3 is 0 Å². The third kappa shape index (κ3) is 1.57. The third-order valence-corrected chi connectivity index (χ3v) is 2.55. The maximum atomic E-state index is 3.75. The van der Waals surface area contributed by atoms with Crippen LogP contribution in [-0.4, -0.2) is 0 Å². The standard InChI is InChI=1S/C13H14/c1-2-3-6-11-9-10-12-7-4-5-8-13(11)12/h2,4-5,7-9H,1,3,6,10H2. The average molecular weight is 170 g/mol. The second-order valence-electron chi connectivity index (χ2n) is 3.42. The first-order valence-corrected chi connectivity index (χ1v) is 4.80. The van der Waals surface area contributed by atoms with Crippen LogP contribution in [0, 0.1) is 0 Å². The summed E-state index contributed by atoms with van der Waals surface area (Å²) in [5.74, 6) is 0. The Bertz CT molecular complexity index is 345. The van der Waals surface area contributed by atoms with E-state index in [0.717, 1.165) is 19.3 Å². The summed E-state index contributed by atoms with van der Waals surface area (Å²) in [4.78, 5) is 0. The Morgan fingerprint density at radius 1 is 1.31 bits per heavy atom. The molecule has 0 aliphatic heterocycles. The maximum Gasteiger partial charge on any atom is -0.00854 e. The molecule has 0 heteroatoms. The van der Waals surface area contributed by atoms with Crippen molar-refractivity contribution in [1.29, 1.82) is 0 Å². The quantitative estimate of drug-likeness (QED) is 0.608. The summed E-state index contributed by atoms with van der Waals surface area (Å²) in [7, 11) is 0. The number of hydrogen-bond donors (Lipinski definition) is 0. The molecular formula is C13H14. The molecule has 13 heavy (non-hydrogen) atoms. The molecular weight excluding hydrogens is 156 g/mol. The normalized spacial score (nSPS) is 13.7. The van der Waals surface area contributed by atoms with Crippen LogP contribution in [-0.2, 0) is 6.42 Å². The third-order valence-electron chi connectivity index (χ3n) is 2.55. The average Bonchev–Trinajstić information content (AvgIpc) is 2.58. The molecule has 0 radical (unpaired) electrons. The number of allylic oxidation sites excluding steroid dienone is 3. The summed E-state index contributed by atoms with van der Waals surface area (Å²) < 4.78 is 0. The molecule has 0 heterocycles. The van der Waals surface area contributed by atoms with E-state index < -0.39 is 0 Å². The van der Waals surface area contributed by atoms with Gasteiger partial charge in [0.1, 0.15) is 0 Å². The first kappa shape index (κ1) is 8.31. The molecule has 66 valence electrons.